The molecule has 2 rings (SSSR count). The highest BCUT2D eigenvalue weighted by molar-refractivity contribution is 5.83. The van der Waals surface area contributed by atoms with Gasteiger partial charge in [0.2, 0.25) is 11.8 Å². The van der Waals surface area contributed by atoms with Crippen LogP contribution in [-0.2, 0) is 16.1 Å². The Balaban J connectivity index is 1.79. The monoisotopic (exact) mass is 265 g/mol. The molecular weight excluding hydrogens is 246 g/mol. The van der Waals surface area contributed by atoms with Crippen LogP contribution in [0.3, 0.4) is 0 Å². The lowest BCUT2D eigenvalue weighted by molar-refractivity contribution is -0.127. The van der Waals surface area contributed by atoms with Gasteiger partial charge in [-0.1, -0.05) is 0 Å². The van der Waals surface area contributed by atoms with Crippen LogP contribution in [0.1, 0.15) is 18.6 Å². The fourth-order valence-electron chi connectivity index (χ4n) is 2.32. The van der Waals surface area contributed by atoms with E-state index >= 15 is 0 Å². The smallest absolute Gasteiger partial charge is 0.237 e. The van der Waals surface area contributed by atoms with Crippen LogP contribution in [0.15, 0.2) is 22.8 Å². The van der Waals surface area contributed by atoms with Crippen LogP contribution in [0.25, 0.3) is 0 Å². The number of carbonyl (C=O) groups is 2. The first kappa shape index (κ1) is 13.6. The van der Waals surface area contributed by atoms with E-state index in [-0.39, 0.29) is 24.4 Å². The van der Waals surface area contributed by atoms with Crippen molar-refractivity contribution in [2.45, 2.75) is 25.4 Å². The fraction of sp³-hybridized carbons (Fsp3) is 0.538. The minimum atomic E-state index is -0.181. The van der Waals surface area contributed by atoms with Crippen molar-refractivity contribution in [3.8, 4) is 0 Å². The number of hydrogen-bond donors (Lipinski definition) is 2. The molecule has 2 N–H and O–H groups in total. The van der Waals surface area contributed by atoms with Crippen molar-refractivity contribution in [1.29, 1.82) is 0 Å². The van der Waals surface area contributed by atoms with Crippen LogP contribution in [0.5, 0.6) is 0 Å². The summed E-state index contributed by atoms with van der Waals surface area (Å²) >= 11 is 0. The lowest BCUT2D eigenvalue weighted by Gasteiger charge is -2.22. The van der Waals surface area contributed by atoms with E-state index in [1.165, 1.54) is 0 Å². The SMILES string of the molecule is CNC(=O)C1CCCN1CC(=O)NCc1ccco1. The first-order chi connectivity index (χ1) is 9.20. The molecule has 1 fully saturated rings. The maximum absolute atomic E-state index is 11.8. The van der Waals surface area contributed by atoms with Gasteiger partial charge in [-0.3, -0.25) is 14.5 Å². The molecule has 1 unspecified atom stereocenters. The lowest BCUT2D eigenvalue weighted by atomic mass is 10.2. The van der Waals surface area contributed by atoms with Crippen LogP contribution >= 0.6 is 0 Å². The van der Waals surface area contributed by atoms with E-state index in [1.807, 2.05) is 11.0 Å². The summed E-state index contributed by atoms with van der Waals surface area (Å²) in [4.78, 5) is 25.4. The highest BCUT2D eigenvalue weighted by Crippen LogP contribution is 2.16. The zero-order valence-corrected chi connectivity index (χ0v) is 11.0. The van der Waals surface area contributed by atoms with Gasteiger partial charge in [-0.15, -0.1) is 0 Å². The summed E-state index contributed by atoms with van der Waals surface area (Å²) < 4.78 is 5.14. The van der Waals surface area contributed by atoms with Gasteiger partial charge >= 0.3 is 0 Å². The largest absolute Gasteiger partial charge is 0.467 e. The second-order valence-corrected chi connectivity index (χ2v) is 4.60. The summed E-state index contributed by atoms with van der Waals surface area (Å²) in [5, 5.41) is 5.42. The van der Waals surface area contributed by atoms with Gasteiger partial charge in [-0.25, -0.2) is 0 Å². The molecule has 1 aliphatic rings. The Bertz CT molecular complexity index is 430. The number of likely N-dealkylation sites (tertiary alicyclic amines) is 1. The summed E-state index contributed by atoms with van der Waals surface area (Å²) in [7, 11) is 1.62. The van der Waals surface area contributed by atoms with Crippen molar-refractivity contribution >= 4 is 11.8 Å². The van der Waals surface area contributed by atoms with E-state index in [1.54, 1.807) is 19.4 Å². The third-order valence-corrected chi connectivity index (χ3v) is 3.30. The van der Waals surface area contributed by atoms with Gasteiger partial charge < -0.3 is 15.1 Å². The maximum Gasteiger partial charge on any atom is 0.237 e. The molecular formula is C13H19N3O3. The van der Waals surface area contributed by atoms with Crippen LogP contribution in [0.4, 0.5) is 0 Å². The van der Waals surface area contributed by atoms with Crippen molar-refractivity contribution in [3.05, 3.63) is 24.2 Å². The topological polar surface area (TPSA) is 74.6 Å². The number of nitrogens with zero attached hydrogens (tertiary/aromatic N) is 1. The zero-order chi connectivity index (χ0) is 13.7. The molecule has 0 saturated carbocycles. The van der Waals surface area contributed by atoms with Crippen molar-refractivity contribution in [2.75, 3.05) is 20.1 Å². The Hall–Kier alpha value is -1.82. The molecule has 0 aliphatic carbocycles. The van der Waals surface area contributed by atoms with E-state index in [2.05, 4.69) is 10.6 Å². The average molecular weight is 265 g/mol. The van der Waals surface area contributed by atoms with Gasteiger partial charge in [0.05, 0.1) is 25.4 Å². The molecule has 1 aliphatic heterocycles. The first-order valence-electron chi connectivity index (χ1n) is 6.45. The molecule has 0 spiro atoms. The van der Waals surface area contributed by atoms with Crippen LogP contribution in [0, 0.1) is 0 Å². The predicted molar refractivity (Wildman–Crippen MR) is 69.2 cm³/mol. The summed E-state index contributed by atoms with van der Waals surface area (Å²) in [6.45, 7) is 1.41. The highest BCUT2D eigenvalue weighted by Gasteiger charge is 2.31. The van der Waals surface area contributed by atoms with Crippen LogP contribution in [0.2, 0.25) is 0 Å². The summed E-state index contributed by atoms with van der Waals surface area (Å²) in [6, 6.07) is 3.41. The second-order valence-electron chi connectivity index (χ2n) is 4.60. The zero-order valence-electron chi connectivity index (χ0n) is 11.0. The number of carbonyl (C=O) groups excluding carboxylic acids is 2. The molecule has 2 heterocycles. The van der Waals surface area contributed by atoms with E-state index in [0.717, 1.165) is 25.1 Å². The molecule has 104 valence electrons. The molecule has 19 heavy (non-hydrogen) atoms. The Morgan fingerprint density at radius 1 is 1.53 bits per heavy atom. The van der Waals surface area contributed by atoms with Gasteiger partial charge in [0.15, 0.2) is 0 Å². The Labute approximate surface area is 112 Å². The average Bonchev–Trinajstić information content (AvgIpc) is 3.06. The molecule has 1 saturated heterocycles. The minimum Gasteiger partial charge on any atom is -0.467 e. The number of likely N-dealkylation sites (N-methyl/N-ethyl adjacent to an activating group) is 1. The van der Waals surface area contributed by atoms with E-state index in [9.17, 15) is 9.59 Å². The summed E-state index contributed by atoms with van der Waals surface area (Å²) in [5.74, 6) is 0.612. The molecule has 6 nitrogen and oxygen atoms in total. The maximum atomic E-state index is 11.8. The molecule has 2 amide bonds. The third kappa shape index (κ3) is 3.57. The van der Waals surface area contributed by atoms with Gasteiger partial charge in [0.25, 0.3) is 0 Å². The molecule has 0 radical (unpaired) electrons. The number of hydrogen-bond acceptors (Lipinski definition) is 4. The number of furan rings is 1. The van der Waals surface area contributed by atoms with Crippen LogP contribution in [-0.4, -0.2) is 42.9 Å². The highest BCUT2D eigenvalue weighted by atomic mass is 16.3. The quantitative estimate of drug-likeness (QED) is 0.792. The Morgan fingerprint density at radius 3 is 3.05 bits per heavy atom. The van der Waals surface area contributed by atoms with Gasteiger partial charge in [-0.05, 0) is 31.5 Å². The number of amides is 2. The predicted octanol–water partition coefficient (Wildman–Crippen LogP) is 0.106. The van der Waals surface area contributed by atoms with Crippen molar-refractivity contribution < 1.29 is 14.0 Å². The van der Waals surface area contributed by atoms with Crippen LogP contribution < -0.4 is 10.6 Å². The molecule has 0 aromatic carbocycles. The summed E-state index contributed by atoms with van der Waals surface area (Å²) in [6.07, 6.45) is 3.33. The van der Waals surface area contributed by atoms with E-state index in [0.29, 0.717) is 6.54 Å². The standard InChI is InChI=1S/C13H19N3O3/c1-14-13(18)11-5-2-6-16(11)9-12(17)15-8-10-4-3-7-19-10/h3-4,7,11H,2,5-6,8-9H2,1H3,(H,14,18)(H,15,17). The molecule has 1 atom stereocenters. The first-order valence-corrected chi connectivity index (χ1v) is 6.45. The second kappa shape index (κ2) is 6.38. The van der Waals surface area contributed by atoms with Crippen molar-refractivity contribution in [1.82, 2.24) is 15.5 Å². The number of rotatable bonds is 5. The van der Waals surface area contributed by atoms with E-state index in [4.69, 9.17) is 4.42 Å². The Kier molecular flexibility index (Phi) is 4.57. The fourth-order valence-corrected chi connectivity index (χ4v) is 2.32. The summed E-state index contributed by atoms with van der Waals surface area (Å²) in [5.41, 5.74) is 0. The lowest BCUT2D eigenvalue weighted by Crippen LogP contribution is -2.46. The minimum absolute atomic E-state index is 0.0173. The normalized spacial score (nSPS) is 19.3. The Morgan fingerprint density at radius 2 is 2.37 bits per heavy atom. The van der Waals surface area contributed by atoms with Gasteiger partial charge in [-0.2, -0.15) is 0 Å². The number of nitrogens with one attached hydrogen (secondary N) is 2. The van der Waals surface area contributed by atoms with Gasteiger partial charge in [0, 0.05) is 7.05 Å². The van der Waals surface area contributed by atoms with Gasteiger partial charge in [0.1, 0.15) is 5.76 Å². The van der Waals surface area contributed by atoms with E-state index < -0.39 is 0 Å². The molecule has 6 heteroatoms. The molecule has 1 aromatic rings. The third-order valence-electron chi connectivity index (χ3n) is 3.30. The molecule has 1 aromatic heterocycles. The van der Waals surface area contributed by atoms with Crippen molar-refractivity contribution in [2.24, 2.45) is 0 Å². The molecule has 0 bridgehead atoms. The van der Waals surface area contributed by atoms with Crippen molar-refractivity contribution in [3.63, 3.8) is 0 Å².